The lowest BCUT2D eigenvalue weighted by Crippen LogP contribution is -2.44. The van der Waals surface area contributed by atoms with Crippen molar-refractivity contribution < 1.29 is 9.53 Å². The lowest BCUT2D eigenvalue weighted by atomic mass is 10.0. The predicted octanol–water partition coefficient (Wildman–Crippen LogP) is 1.07. The molecule has 1 amide bonds. The summed E-state index contributed by atoms with van der Waals surface area (Å²) in [4.78, 5) is 16.0. The molecule has 1 aromatic carbocycles. The highest BCUT2D eigenvalue weighted by Gasteiger charge is 2.28. The van der Waals surface area contributed by atoms with Crippen LogP contribution in [0.1, 0.15) is 11.1 Å². The summed E-state index contributed by atoms with van der Waals surface area (Å²) in [6.45, 7) is 8.34. The molecule has 1 N–H and O–H groups in total. The van der Waals surface area contributed by atoms with Crippen LogP contribution in [0.25, 0.3) is 0 Å². The molecule has 5 heteroatoms. The first kappa shape index (κ1) is 13.2. The predicted molar refractivity (Wildman–Crippen MR) is 79.9 cm³/mol. The Morgan fingerprint density at radius 3 is 2.60 bits per heavy atom. The maximum absolute atomic E-state index is 11.9. The average Bonchev–Trinajstić information content (AvgIpc) is 2.44. The Bertz CT molecular complexity index is 551. The molecular weight excluding hydrogens is 254 g/mol. The Morgan fingerprint density at radius 2 is 1.90 bits per heavy atom. The van der Waals surface area contributed by atoms with Crippen molar-refractivity contribution in [1.82, 2.24) is 5.32 Å². The Kier molecular flexibility index (Phi) is 3.30. The fraction of sp³-hybridized carbons (Fsp3) is 0.533. The number of hydrogen-bond donors (Lipinski definition) is 1. The van der Waals surface area contributed by atoms with Crippen LogP contribution in [-0.2, 0) is 4.79 Å². The van der Waals surface area contributed by atoms with E-state index in [0.717, 1.165) is 43.2 Å². The Labute approximate surface area is 119 Å². The van der Waals surface area contributed by atoms with E-state index in [1.165, 1.54) is 11.3 Å². The number of benzene rings is 1. The normalized spacial score (nSPS) is 18.9. The van der Waals surface area contributed by atoms with Gasteiger partial charge >= 0.3 is 0 Å². The molecule has 2 aliphatic rings. The molecule has 0 aromatic heterocycles. The summed E-state index contributed by atoms with van der Waals surface area (Å²) in [6.07, 6.45) is 0. The van der Waals surface area contributed by atoms with Crippen LogP contribution in [0.15, 0.2) is 6.07 Å². The van der Waals surface area contributed by atoms with Gasteiger partial charge in [-0.05, 0) is 25.5 Å². The van der Waals surface area contributed by atoms with Crippen molar-refractivity contribution >= 4 is 17.3 Å². The second-order valence-corrected chi connectivity index (χ2v) is 5.49. The summed E-state index contributed by atoms with van der Waals surface area (Å²) in [5.41, 5.74) is 4.51. The number of ether oxygens (including phenoxy) is 1. The summed E-state index contributed by atoms with van der Waals surface area (Å²) in [5, 5.41) is 3.37. The molecule has 3 rings (SSSR count). The number of fused-ring (bicyclic) bond motifs is 1. The molecule has 20 heavy (non-hydrogen) atoms. The van der Waals surface area contributed by atoms with Gasteiger partial charge in [-0.2, -0.15) is 0 Å². The third-order valence-electron chi connectivity index (χ3n) is 4.16. The van der Waals surface area contributed by atoms with Gasteiger partial charge in [0, 0.05) is 44.5 Å². The molecule has 1 fully saturated rings. The molecule has 5 nitrogen and oxygen atoms in total. The zero-order chi connectivity index (χ0) is 14.3. The lowest BCUT2D eigenvalue weighted by Gasteiger charge is -2.35. The van der Waals surface area contributed by atoms with Crippen molar-refractivity contribution in [2.75, 3.05) is 49.6 Å². The molecule has 1 aromatic rings. The minimum absolute atomic E-state index is 0.00992. The lowest BCUT2D eigenvalue weighted by molar-refractivity contribution is -0.121. The molecule has 0 atom stereocenters. The third-order valence-corrected chi connectivity index (χ3v) is 4.16. The number of amides is 1. The smallest absolute Gasteiger partial charge is 0.264 e. The first-order chi connectivity index (χ1) is 9.59. The molecular formula is C15H21N3O2. The molecule has 0 saturated carbocycles. The van der Waals surface area contributed by atoms with Crippen LogP contribution < -0.4 is 19.9 Å². The summed E-state index contributed by atoms with van der Waals surface area (Å²) < 4.78 is 5.59. The van der Waals surface area contributed by atoms with Gasteiger partial charge in [0.2, 0.25) is 0 Å². The highest BCUT2D eigenvalue weighted by molar-refractivity contribution is 5.99. The molecule has 0 spiro atoms. The third kappa shape index (κ3) is 2.02. The van der Waals surface area contributed by atoms with Gasteiger partial charge in [-0.3, -0.25) is 4.79 Å². The van der Waals surface area contributed by atoms with E-state index in [9.17, 15) is 4.79 Å². The molecule has 2 heterocycles. The van der Waals surface area contributed by atoms with Crippen LogP contribution in [0.2, 0.25) is 0 Å². The molecule has 0 radical (unpaired) electrons. The number of anilines is 2. The fourth-order valence-electron chi connectivity index (χ4n) is 3.19. The standard InChI is InChI=1S/C15H21N3O2/c1-10-8-12-15(17(3)13(19)9-20-12)11(2)14(10)18-6-4-16-5-7-18/h8,16H,4-7,9H2,1-3H3. The molecule has 0 aliphatic carbocycles. The first-order valence-corrected chi connectivity index (χ1v) is 7.09. The average molecular weight is 275 g/mol. The van der Waals surface area contributed by atoms with Crippen molar-refractivity contribution in [1.29, 1.82) is 0 Å². The number of nitrogens with zero attached hydrogens (tertiary/aromatic N) is 2. The van der Waals surface area contributed by atoms with E-state index in [-0.39, 0.29) is 12.5 Å². The first-order valence-electron chi connectivity index (χ1n) is 7.09. The van der Waals surface area contributed by atoms with Crippen molar-refractivity contribution in [3.05, 3.63) is 17.2 Å². The maximum atomic E-state index is 11.9. The van der Waals surface area contributed by atoms with Crippen LogP contribution in [0.4, 0.5) is 11.4 Å². The maximum Gasteiger partial charge on any atom is 0.264 e. The topological polar surface area (TPSA) is 44.8 Å². The van der Waals surface area contributed by atoms with Gasteiger partial charge in [0.15, 0.2) is 6.61 Å². The highest BCUT2D eigenvalue weighted by Crippen LogP contribution is 2.41. The van der Waals surface area contributed by atoms with Crippen molar-refractivity contribution in [2.24, 2.45) is 0 Å². The van der Waals surface area contributed by atoms with Gasteiger partial charge in [0.1, 0.15) is 5.75 Å². The van der Waals surface area contributed by atoms with Crippen molar-refractivity contribution in [2.45, 2.75) is 13.8 Å². The van der Waals surface area contributed by atoms with E-state index in [1.807, 2.05) is 7.05 Å². The second-order valence-electron chi connectivity index (χ2n) is 5.49. The van der Waals surface area contributed by atoms with Gasteiger partial charge in [0.25, 0.3) is 5.91 Å². The number of aryl methyl sites for hydroxylation is 1. The van der Waals surface area contributed by atoms with Crippen LogP contribution in [0.5, 0.6) is 5.75 Å². The summed E-state index contributed by atoms with van der Waals surface area (Å²) in [5.74, 6) is 0.830. The number of carbonyl (C=O) groups is 1. The highest BCUT2D eigenvalue weighted by atomic mass is 16.5. The van der Waals surface area contributed by atoms with Gasteiger partial charge in [0.05, 0.1) is 5.69 Å². The van der Waals surface area contributed by atoms with Gasteiger partial charge < -0.3 is 19.9 Å². The van der Waals surface area contributed by atoms with Crippen LogP contribution in [-0.4, -0.2) is 45.7 Å². The molecule has 108 valence electrons. The number of carbonyl (C=O) groups excluding carboxylic acids is 1. The molecule has 2 aliphatic heterocycles. The summed E-state index contributed by atoms with van der Waals surface area (Å²) in [6, 6.07) is 2.06. The van der Waals surface area contributed by atoms with Gasteiger partial charge in [-0.25, -0.2) is 0 Å². The molecule has 1 saturated heterocycles. The van der Waals surface area contributed by atoms with E-state index in [4.69, 9.17) is 4.74 Å². The number of rotatable bonds is 1. The van der Waals surface area contributed by atoms with E-state index >= 15 is 0 Å². The van der Waals surface area contributed by atoms with Crippen LogP contribution in [0.3, 0.4) is 0 Å². The number of piperazine rings is 1. The summed E-state index contributed by atoms with van der Waals surface area (Å²) in [7, 11) is 1.83. The monoisotopic (exact) mass is 275 g/mol. The minimum atomic E-state index is 0.00992. The fourth-order valence-corrected chi connectivity index (χ4v) is 3.19. The quantitative estimate of drug-likeness (QED) is 0.832. The Morgan fingerprint density at radius 1 is 1.20 bits per heavy atom. The SMILES string of the molecule is Cc1cc2c(c(C)c1N1CCNCC1)N(C)C(=O)CO2. The second kappa shape index (κ2) is 4.98. The zero-order valence-electron chi connectivity index (χ0n) is 12.3. The molecule has 0 bridgehead atoms. The Balaban J connectivity index is 2.09. The Hall–Kier alpha value is -1.75. The van der Waals surface area contributed by atoms with E-state index in [0.29, 0.717) is 0 Å². The van der Waals surface area contributed by atoms with E-state index in [1.54, 1.807) is 4.90 Å². The van der Waals surface area contributed by atoms with Crippen LogP contribution in [0, 0.1) is 13.8 Å². The van der Waals surface area contributed by atoms with Gasteiger partial charge in [-0.1, -0.05) is 0 Å². The number of likely N-dealkylation sites (N-methyl/N-ethyl adjacent to an activating group) is 1. The van der Waals surface area contributed by atoms with Gasteiger partial charge in [-0.15, -0.1) is 0 Å². The number of nitrogens with one attached hydrogen (secondary N) is 1. The summed E-state index contributed by atoms with van der Waals surface area (Å²) >= 11 is 0. The van der Waals surface area contributed by atoms with Crippen molar-refractivity contribution in [3.63, 3.8) is 0 Å². The van der Waals surface area contributed by atoms with Crippen LogP contribution >= 0.6 is 0 Å². The zero-order valence-corrected chi connectivity index (χ0v) is 12.3. The van der Waals surface area contributed by atoms with E-state index < -0.39 is 0 Å². The minimum Gasteiger partial charge on any atom is -0.482 e. The largest absolute Gasteiger partial charge is 0.482 e. The molecule has 0 unspecified atom stereocenters. The van der Waals surface area contributed by atoms with Crippen molar-refractivity contribution in [3.8, 4) is 5.75 Å². The van der Waals surface area contributed by atoms with E-state index in [2.05, 4.69) is 30.1 Å². The number of hydrogen-bond acceptors (Lipinski definition) is 4.